The Morgan fingerprint density at radius 2 is 1.00 bits per heavy atom. The summed E-state index contributed by atoms with van der Waals surface area (Å²) in [6.45, 7) is 2.04. The molecule has 0 aliphatic carbocycles. The summed E-state index contributed by atoms with van der Waals surface area (Å²) < 4.78 is 33.7. The molecular formula is C48H80NO9P. The zero-order valence-electron chi connectivity index (χ0n) is 37.1. The van der Waals surface area contributed by atoms with Gasteiger partial charge in [-0.2, -0.15) is 0 Å². The smallest absolute Gasteiger partial charge is 0.306 e. The van der Waals surface area contributed by atoms with Crippen LogP contribution in [0.25, 0.3) is 0 Å². The second-order valence-electron chi connectivity index (χ2n) is 15.4. The van der Waals surface area contributed by atoms with Crippen molar-refractivity contribution in [3.05, 3.63) is 97.2 Å². The molecule has 0 aliphatic heterocycles. The second kappa shape index (κ2) is 40.3. The fourth-order valence-electron chi connectivity index (χ4n) is 5.15. The Bertz CT molecular complexity index is 1320. The summed E-state index contributed by atoms with van der Waals surface area (Å²) >= 11 is 0. The number of allylic oxidation sites excluding steroid dienone is 16. The third-order valence-electron chi connectivity index (χ3n) is 8.63. The number of quaternary nitrogens is 1. The highest BCUT2D eigenvalue weighted by atomic mass is 31.2. The van der Waals surface area contributed by atoms with Gasteiger partial charge in [-0.05, 0) is 96.3 Å². The topological polar surface area (TPSA) is 131 Å². The second-order valence-corrected chi connectivity index (χ2v) is 16.8. The molecule has 336 valence electrons. The highest BCUT2D eigenvalue weighted by Crippen LogP contribution is 2.38. The SMILES string of the molecule is CCCCC/C=C\C/C=C\C/C=C\C/C=C\CCCC(=O)O[C@H](COC(=O)CCC/C=C\C/C=C\C/C=C\C/C=C\CCCCCO)COP(=O)([O-])OCC[N+](C)(C)C. The average Bonchev–Trinajstić information content (AvgIpc) is 3.19. The van der Waals surface area contributed by atoms with Crippen LogP contribution in [0.15, 0.2) is 97.2 Å². The van der Waals surface area contributed by atoms with Crippen LogP contribution in [-0.2, 0) is 32.7 Å². The Kier molecular flexibility index (Phi) is 38.2. The lowest BCUT2D eigenvalue weighted by atomic mass is 10.2. The molecule has 0 saturated carbocycles. The number of ether oxygens (including phenoxy) is 2. The lowest BCUT2D eigenvalue weighted by Gasteiger charge is -2.28. The summed E-state index contributed by atoms with van der Waals surface area (Å²) in [7, 11) is 1.07. The van der Waals surface area contributed by atoms with Crippen LogP contribution in [0.5, 0.6) is 0 Å². The summed E-state index contributed by atoms with van der Waals surface area (Å²) in [6.07, 6.45) is 50.3. The van der Waals surface area contributed by atoms with Crippen LogP contribution in [0.3, 0.4) is 0 Å². The minimum absolute atomic E-state index is 0.0596. The highest BCUT2D eigenvalue weighted by Gasteiger charge is 2.21. The summed E-state index contributed by atoms with van der Waals surface area (Å²) in [4.78, 5) is 37.5. The normalized spacial score (nSPS) is 14.5. The summed E-state index contributed by atoms with van der Waals surface area (Å²) in [5.41, 5.74) is 0. The van der Waals surface area contributed by atoms with Gasteiger partial charge in [0.05, 0.1) is 27.7 Å². The van der Waals surface area contributed by atoms with Crippen molar-refractivity contribution in [3.63, 3.8) is 0 Å². The molecule has 0 radical (unpaired) electrons. The van der Waals surface area contributed by atoms with Crippen LogP contribution in [0, 0.1) is 0 Å². The Hall–Kier alpha value is -3.11. The van der Waals surface area contributed by atoms with Crippen LogP contribution in [-0.4, -0.2) is 81.7 Å². The number of carbonyl (C=O) groups excluding carboxylic acids is 2. The van der Waals surface area contributed by atoms with Gasteiger partial charge in [-0.25, -0.2) is 0 Å². The molecule has 11 heteroatoms. The van der Waals surface area contributed by atoms with Gasteiger partial charge in [0.2, 0.25) is 0 Å². The highest BCUT2D eigenvalue weighted by molar-refractivity contribution is 7.45. The van der Waals surface area contributed by atoms with Crippen molar-refractivity contribution in [3.8, 4) is 0 Å². The number of rotatable bonds is 39. The number of likely N-dealkylation sites (N-methyl/N-ethyl adjacent to an activating group) is 1. The number of hydrogen-bond donors (Lipinski definition) is 1. The van der Waals surface area contributed by atoms with Crippen molar-refractivity contribution >= 4 is 19.8 Å². The summed E-state index contributed by atoms with van der Waals surface area (Å²) in [5, 5.41) is 8.80. The molecular weight excluding hydrogens is 766 g/mol. The van der Waals surface area contributed by atoms with Crippen molar-refractivity contribution in [2.45, 2.75) is 141 Å². The first kappa shape index (κ1) is 55.9. The number of nitrogens with zero attached hydrogens (tertiary/aromatic N) is 1. The van der Waals surface area contributed by atoms with E-state index >= 15 is 0 Å². The van der Waals surface area contributed by atoms with Crippen molar-refractivity contribution in [1.29, 1.82) is 0 Å². The molecule has 0 aromatic rings. The zero-order valence-corrected chi connectivity index (χ0v) is 38.0. The molecule has 0 fully saturated rings. The maximum absolute atomic E-state index is 12.7. The molecule has 10 nitrogen and oxygen atoms in total. The minimum atomic E-state index is -4.66. The lowest BCUT2D eigenvalue weighted by Crippen LogP contribution is -2.37. The predicted octanol–water partition coefficient (Wildman–Crippen LogP) is 10.9. The van der Waals surface area contributed by atoms with Crippen molar-refractivity contribution in [1.82, 2.24) is 0 Å². The molecule has 1 unspecified atom stereocenters. The molecule has 0 aromatic carbocycles. The van der Waals surface area contributed by atoms with Gasteiger partial charge in [0.1, 0.15) is 19.8 Å². The number of aliphatic hydroxyl groups is 1. The molecule has 1 N–H and O–H groups in total. The van der Waals surface area contributed by atoms with Gasteiger partial charge in [0, 0.05) is 19.4 Å². The van der Waals surface area contributed by atoms with Crippen LogP contribution in [0.1, 0.15) is 135 Å². The van der Waals surface area contributed by atoms with E-state index in [1.807, 2.05) is 33.3 Å². The minimum Gasteiger partial charge on any atom is -0.756 e. The van der Waals surface area contributed by atoms with E-state index in [1.54, 1.807) is 0 Å². The molecule has 0 aliphatic rings. The number of esters is 2. The number of aliphatic hydroxyl groups excluding tert-OH is 1. The molecule has 0 aromatic heterocycles. The first-order valence-electron chi connectivity index (χ1n) is 22.1. The van der Waals surface area contributed by atoms with E-state index in [2.05, 4.69) is 92.0 Å². The monoisotopic (exact) mass is 846 g/mol. The van der Waals surface area contributed by atoms with Crippen molar-refractivity contribution in [2.24, 2.45) is 0 Å². The van der Waals surface area contributed by atoms with Gasteiger partial charge < -0.3 is 33.0 Å². The lowest BCUT2D eigenvalue weighted by molar-refractivity contribution is -0.870. The summed E-state index contributed by atoms with van der Waals surface area (Å²) in [6, 6.07) is 0. The Morgan fingerprint density at radius 1 is 0.576 bits per heavy atom. The maximum Gasteiger partial charge on any atom is 0.306 e. The van der Waals surface area contributed by atoms with E-state index < -0.39 is 32.5 Å². The number of carbonyl (C=O) groups is 2. The molecule has 0 amide bonds. The third kappa shape index (κ3) is 44.3. The first-order valence-corrected chi connectivity index (χ1v) is 23.5. The van der Waals surface area contributed by atoms with Gasteiger partial charge in [0.25, 0.3) is 7.82 Å². The third-order valence-corrected chi connectivity index (χ3v) is 9.60. The van der Waals surface area contributed by atoms with Crippen LogP contribution < -0.4 is 4.89 Å². The maximum atomic E-state index is 12.7. The van der Waals surface area contributed by atoms with Gasteiger partial charge in [-0.3, -0.25) is 14.2 Å². The molecule has 2 atom stereocenters. The van der Waals surface area contributed by atoms with Crippen molar-refractivity contribution < 1.29 is 47.2 Å². The Morgan fingerprint density at radius 3 is 1.44 bits per heavy atom. The quantitative estimate of drug-likeness (QED) is 0.0211. The predicted molar refractivity (Wildman–Crippen MR) is 241 cm³/mol. The number of unbranched alkanes of at least 4 members (excludes halogenated alkanes) is 8. The van der Waals surface area contributed by atoms with E-state index in [0.29, 0.717) is 36.7 Å². The Balaban J connectivity index is 4.57. The van der Waals surface area contributed by atoms with Gasteiger partial charge in [-0.1, -0.05) is 123 Å². The molecule has 0 rings (SSSR count). The average molecular weight is 846 g/mol. The number of hydrogen-bond acceptors (Lipinski definition) is 9. The zero-order chi connectivity index (χ0) is 43.6. The largest absolute Gasteiger partial charge is 0.756 e. The van der Waals surface area contributed by atoms with Crippen molar-refractivity contribution in [2.75, 3.05) is 54.1 Å². The van der Waals surface area contributed by atoms with Crippen LogP contribution in [0.2, 0.25) is 0 Å². The van der Waals surface area contributed by atoms with E-state index in [1.165, 1.54) is 19.3 Å². The van der Waals surface area contributed by atoms with E-state index in [-0.39, 0.29) is 32.7 Å². The standard InChI is InChI=1S/C48H80NO9P/c1-5-6-7-8-9-10-11-12-13-15-19-22-25-28-31-34-37-40-48(52)58-46(45-57-59(53,54)56-43-41-49(2,3)4)44-55-47(51)39-36-33-30-27-24-21-18-16-14-17-20-23-26-29-32-35-38-42-50/h9-10,12-14,17-19,21-23,26-28,30-31,46,50H,5-8,11,15-16,20,24-25,29,32-45H2,1-4H3/b10-9-,13-12-,17-14-,21-18-,22-19-,26-23-,30-27-,31-28-/t46-/m1/s1. The fourth-order valence-corrected chi connectivity index (χ4v) is 5.87. The van der Waals surface area contributed by atoms with E-state index in [0.717, 1.165) is 70.6 Å². The molecule has 59 heavy (non-hydrogen) atoms. The fraction of sp³-hybridized carbons (Fsp3) is 0.625. The molecule has 0 saturated heterocycles. The summed E-state index contributed by atoms with van der Waals surface area (Å²) in [5.74, 6) is -0.991. The van der Waals surface area contributed by atoms with Gasteiger partial charge >= 0.3 is 11.9 Å². The first-order chi connectivity index (χ1) is 28.5. The number of phosphoric ester groups is 1. The Labute approximate surface area is 358 Å². The van der Waals surface area contributed by atoms with Crippen LogP contribution in [0.4, 0.5) is 0 Å². The van der Waals surface area contributed by atoms with E-state index in [4.69, 9.17) is 23.6 Å². The molecule has 0 heterocycles. The van der Waals surface area contributed by atoms with E-state index in [9.17, 15) is 19.0 Å². The number of phosphoric acid groups is 1. The van der Waals surface area contributed by atoms with Gasteiger partial charge in [0.15, 0.2) is 6.10 Å². The molecule has 0 spiro atoms. The van der Waals surface area contributed by atoms with Crippen LogP contribution >= 0.6 is 7.82 Å². The molecule has 0 bridgehead atoms. The van der Waals surface area contributed by atoms with Gasteiger partial charge in [-0.15, -0.1) is 0 Å².